The van der Waals surface area contributed by atoms with Crippen LogP contribution >= 0.6 is 0 Å². The van der Waals surface area contributed by atoms with Crippen LogP contribution < -0.4 is 14.8 Å². The number of nitrogens with one attached hydrogen (secondary N) is 1. The third-order valence-corrected chi connectivity index (χ3v) is 7.13. The Morgan fingerprint density at radius 2 is 1.82 bits per heavy atom. The Kier molecular flexibility index (Phi) is 7.21. The van der Waals surface area contributed by atoms with Crippen molar-refractivity contribution in [2.75, 3.05) is 44.8 Å². The van der Waals surface area contributed by atoms with Gasteiger partial charge in [0, 0.05) is 38.1 Å². The Bertz CT molecular complexity index is 959. The van der Waals surface area contributed by atoms with E-state index in [1.165, 1.54) is 5.56 Å². The fourth-order valence-corrected chi connectivity index (χ4v) is 5.18. The molecule has 182 valence electrons. The van der Waals surface area contributed by atoms with Gasteiger partial charge < -0.3 is 29.2 Å². The molecule has 1 N–H and O–H groups in total. The van der Waals surface area contributed by atoms with Gasteiger partial charge in [0.1, 0.15) is 13.2 Å². The van der Waals surface area contributed by atoms with Crippen LogP contribution in [0.3, 0.4) is 0 Å². The number of ether oxygens (including phenoxy) is 4. The van der Waals surface area contributed by atoms with Crippen LogP contribution in [0.2, 0.25) is 0 Å². The van der Waals surface area contributed by atoms with Crippen molar-refractivity contribution in [1.29, 1.82) is 0 Å². The third-order valence-electron chi connectivity index (χ3n) is 7.13. The first kappa shape index (κ1) is 23.0. The molecule has 2 fully saturated rings. The summed E-state index contributed by atoms with van der Waals surface area (Å²) >= 11 is 0. The molecule has 1 spiro atoms. The fourth-order valence-electron chi connectivity index (χ4n) is 5.18. The van der Waals surface area contributed by atoms with Crippen molar-refractivity contribution in [3.63, 3.8) is 0 Å². The van der Waals surface area contributed by atoms with Gasteiger partial charge >= 0.3 is 6.03 Å². The minimum Gasteiger partial charge on any atom is -0.486 e. The Morgan fingerprint density at radius 3 is 2.65 bits per heavy atom. The lowest BCUT2D eigenvalue weighted by Gasteiger charge is -2.46. The minimum atomic E-state index is -0.101. The van der Waals surface area contributed by atoms with Gasteiger partial charge in [0.05, 0.1) is 12.2 Å². The van der Waals surface area contributed by atoms with Gasteiger partial charge in [-0.1, -0.05) is 30.3 Å². The SMILES string of the molecule is O=C(Nc1ccc2c(c1)OCCO2)N1CCC2(CC1)CC(CCOCc1ccccc1)CCO2. The summed E-state index contributed by atoms with van der Waals surface area (Å²) in [6, 6.07) is 15.8. The number of carbonyl (C=O) groups is 1. The summed E-state index contributed by atoms with van der Waals surface area (Å²) in [5.74, 6) is 2.01. The number of hydrogen-bond acceptors (Lipinski definition) is 5. The Labute approximate surface area is 201 Å². The zero-order valence-electron chi connectivity index (χ0n) is 19.7. The van der Waals surface area contributed by atoms with E-state index in [1.54, 1.807) is 0 Å². The molecule has 2 amide bonds. The zero-order chi connectivity index (χ0) is 23.2. The van der Waals surface area contributed by atoms with Crippen LogP contribution in [0.25, 0.3) is 0 Å². The molecule has 0 saturated carbocycles. The Hall–Kier alpha value is -2.77. The molecular formula is C27H34N2O5. The van der Waals surface area contributed by atoms with E-state index in [1.807, 2.05) is 41.3 Å². The molecule has 5 rings (SSSR count). The van der Waals surface area contributed by atoms with Gasteiger partial charge in [0.2, 0.25) is 0 Å². The van der Waals surface area contributed by atoms with Crippen LogP contribution in [0.4, 0.5) is 10.5 Å². The van der Waals surface area contributed by atoms with Crippen LogP contribution in [-0.4, -0.2) is 56.0 Å². The van der Waals surface area contributed by atoms with E-state index in [9.17, 15) is 4.79 Å². The summed E-state index contributed by atoms with van der Waals surface area (Å²) in [7, 11) is 0. The molecule has 0 aliphatic carbocycles. The number of urea groups is 1. The molecule has 1 unspecified atom stereocenters. The summed E-state index contributed by atoms with van der Waals surface area (Å²) in [4.78, 5) is 14.7. The molecule has 1 atom stereocenters. The number of nitrogens with zero attached hydrogens (tertiary/aromatic N) is 1. The number of anilines is 1. The second kappa shape index (κ2) is 10.7. The first-order chi connectivity index (χ1) is 16.7. The van der Waals surface area contributed by atoms with Gasteiger partial charge in [0.15, 0.2) is 11.5 Å². The lowest BCUT2D eigenvalue weighted by Crippen LogP contribution is -2.51. The standard InChI is InChI=1S/C27H34N2O5/c30-26(28-23-6-7-24-25(18-23)33-17-16-32-24)29-12-10-27(11-13-29)19-21(9-15-34-27)8-14-31-20-22-4-2-1-3-5-22/h1-7,18,21H,8-17,19-20H2,(H,28,30). The molecule has 0 aromatic heterocycles. The van der Waals surface area contributed by atoms with Crippen molar-refractivity contribution < 1.29 is 23.7 Å². The van der Waals surface area contributed by atoms with Crippen LogP contribution in [0.5, 0.6) is 11.5 Å². The van der Waals surface area contributed by atoms with Crippen LogP contribution in [0.1, 0.15) is 37.7 Å². The van der Waals surface area contributed by atoms with Crippen molar-refractivity contribution >= 4 is 11.7 Å². The summed E-state index contributed by atoms with van der Waals surface area (Å²) < 4.78 is 23.4. The first-order valence-corrected chi connectivity index (χ1v) is 12.4. The van der Waals surface area contributed by atoms with E-state index < -0.39 is 0 Å². The lowest BCUT2D eigenvalue weighted by molar-refractivity contribution is -0.125. The molecule has 0 radical (unpaired) electrons. The maximum absolute atomic E-state index is 12.8. The maximum Gasteiger partial charge on any atom is 0.321 e. The average molecular weight is 467 g/mol. The molecule has 2 aromatic rings. The molecule has 3 aliphatic rings. The molecule has 3 aliphatic heterocycles. The predicted octanol–water partition coefficient (Wildman–Crippen LogP) is 4.86. The molecule has 2 saturated heterocycles. The maximum atomic E-state index is 12.8. The molecule has 0 bridgehead atoms. The van der Waals surface area contributed by atoms with Crippen molar-refractivity contribution in [1.82, 2.24) is 4.90 Å². The van der Waals surface area contributed by atoms with Crippen LogP contribution in [0, 0.1) is 5.92 Å². The predicted molar refractivity (Wildman–Crippen MR) is 129 cm³/mol. The van der Waals surface area contributed by atoms with E-state index in [0.717, 1.165) is 56.8 Å². The van der Waals surface area contributed by atoms with Crippen molar-refractivity contribution in [3.05, 3.63) is 54.1 Å². The largest absolute Gasteiger partial charge is 0.486 e. The second-order valence-electron chi connectivity index (χ2n) is 9.49. The minimum absolute atomic E-state index is 0.0757. The average Bonchev–Trinajstić information content (AvgIpc) is 2.88. The molecule has 2 aromatic carbocycles. The molecule has 34 heavy (non-hydrogen) atoms. The van der Waals surface area contributed by atoms with E-state index >= 15 is 0 Å². The summed E-state index contributed by atoms with van der Waals surface area (Å²) in [6.45, 7) is 4.73. The molecule has 7 nitrogen and oxygen atoms in total. The van der Waals surface area contributed by atoms with Gasteiger partial charge in [-0.3, -0.25) is 0 Å². The number of amides is 2. The van der Waals surface area contributed by atoms with Gasteiger partial charge in [-0.15, -0.1) is 0 Å². The van der Waals surface area contributed by atoms with E-state index in [2.05, 4.69) is 17.4 Å². The Balaban J connectivity index is 1.07. The van der Waals surface area contributed by atoms with Gasteiger partial charge in [-0.25, -0.2) is 4.79 Å². The van der Waals surface area contributed by atoms with E-state index in [0.29, 0.717) is 44.6 Å². The second-order valence-corrected chi connectivity index (χ2v) is 9.49. The fraction of sp³-hybridized carbons (Fsp3) is 0.519. The van der Waals surface area contributed by atoms with Crippen molar-refractivity contribution in [3.8, 4) is 11.5 Å². The number of fused-ring (bicyclic) bond motifs is 1. The third kappa shape index (κ3) is 5.65. The quantitative estimate of drug-likeness (QED) is 0.616. The highest BCUT2D eigenvalue weighted by Crippen LogP contribution is 2.39. The number of carbonyl (C=O) groups excluding carboxylic acids is 1. The highest BCUT2D eigenvalue weighted by molar-refractivity contribution is 5.89. The summed E-state index contributed by atoms with van der Waals surface area (Å²) in [6.07, 6.45) is 4.96. The monoisotopic (exact) mass is 466 g/mol. The highest BCUT2D eigenvalue weighted by Gasteiger charge is 2.41. The van der Waals surface area contributed by atoms with E-state index in [4.69, 9.17) is 18.9 Å². The highest BCUT2D eigenvalue weighted by atomic mass is 16.6. The van der Waals surface area contributed by atoms with Crippen molar-refractivity contribution in [2.24, 2.45) is 5.92 Å². The van der Waals surface area contributed by atoms with E-state index in [-0.39, 0.29) is 11.6 Å². The number of piperidine rings is 1. The smallest absolute Gasteiger partial charge is 0.321 e. The number of benzene rings is 2. The molecular weight excluding hydrogens is 432 g/mol. The van der Waals surface area contributed by atoms with Crippen molar-refractivity contribution in [2.45, 2.75) is 44.3 Å². The topological polar surface area (TPSA) is 69.3 Å². The number of hydrogen-bond donors (Lipinski definition) is 1. The normalized spacial score (nSPS) is 21.3. The van der Waals surface area contributed by atoms with Gasteiger partial charge in [-0.2, -0.15) is 0 Å². The van der Waals surface area contributed by atoms with Gasteiger partial charge in [0.25, 0.3) is 0 Å². The van der Waals surface area contributed by atoms with Crippen LogP contribution in [-0.2, 0) is 16.1 Å². The Morgan fingerprint density at radius 1 is 1.03 bits per heavy atom. The first-order valence-electron chi connectivity index (χ1n) is 12.4. The lowest BCUT2D eigenvalue weighted by atomic mass is 9.78. The van der Waals surface area contributed by atoms with Crippen LogP contribution in [0.15, 0.2) is 48.5 Å². The van der Waals surface area contributed by atoms with Gasteiger partial charge in [-0.05, 0) is 55.7 Å². The molecule has 3 heterocycles. The number of likely N-dealkylation sites (tertiary alicyclic amines) is 1. The molecule has 7 heteroatoms. The zero-order valence-corrected chi connectivity index (χ0v) is 19.7. The summed E-state index contributed by atoms with van der Waals surface area (Å²) in [5, 5.41) is 3.00. The summed E-state index contributed by atoms with van der Waals surface area (Å²) in [5.41, 5.74) is 1.84. The number of rotatable bonds is 6.